The topological polar surface area (TPSA) is 54.0 Å². The molecule has 0 aromatic heterocycles. The highest BCUT2D eigenvalue weighted by molar-refractivity contribution is 5.79. The minimum absolute atomic E-state index is 0.270. The van der Waals surface area contributed by atoms with Gasteiger partial charge < -0.3 is 18.9 Å². The highest BCUT2D eigenvalue weighted by atomic mass is 16.7. The molecule has 2 spiro atoms. The third-order valence-electron chi connectivity index (χ3n) is 5.39. The van der Waals surface area contributed by atoms with Crippen LogP contribution in [0, 0.1) is 0 Å². The molecule has 4 rings (SSSR count). The van der Waals surface area contributed by atoms with Crippen LogP contribution in [0.2, 0.25) is 0 Å². The average molecular weight is 318 g/mol. The molecule has 1 saturated heterocycles. The Hall–Kier alpha value is -1.59. The standard InChI is InChI=1S/C18H22O5/c1-2-20-16(19)15-17(13-5-3-4-6-14(13)23-15)7-9-18(10-8-17)21-11-12-22-18/h3-6,15H,2,7-12H2,1H3. The molecule has 5 heteroatoms. The van der Waals surface area contributed by atoms with Crippen LogP contribution in [0.3, 0.4) is 0 Å². The lowest BCUT2D eigenvalue weighted by molar-refractivity contribution is -0.191. The summed E-state index contributed by atoms with van der Waals surface area (Å²) in [5.74, 6) is 0.0739. The normalized spacial score (nSPS) is 26.9. The smallest absolute Gasteiger partial charge is 0.348 e. The number of hydrogen-bond donors (Lipinski definition) is 0. The minimum atomic E-state index is -0.571. The number of ether oxygens (including phenoxy) is 4. The Morgan fingerprint density at radius 3 is 2.57 bits per heavy atom. The van der Waals surface area contributed by atoms with Gasteiger partial charge in [-0.15, -0.1) is 0 Å². The maximum atomic E-state index is 12.5. The summed E-state index contributed by atoms with van der Waals surface area (Å²) in [6.45, 7) is 3.49. The zero-order valence-corrected chi connectivity index (χ0v) is 13.4. The Balaban J connectivity index is 1.66. The first-order chi connectivity index (χ1) is 11.2. The largest absolute Gasteiger partial charge is 0.477 e. The first-order valence-corrected chi connectivity index (χ1v) is 8.40. The molecule has 1 aliphatic carbocycles. The van der Waals surface area contributed by atoms with Crippen molar-refractivity contribution in [3.8, 4) is 5.75 Å². The van der Waals surface area contributed by atoms with Gasteiger partial charge in [-0.05, 0) is 25.8 Å². The van der Waals surface area contributed by atoms with E-state index in [-0.39, 0.29) is 11.4 Å². The van der Waals surface area contributed by atoms with Gasteiger partial charge in [-0.1, -0.05) is 18.2 Å². The quantitative estimate of drug-likeness (QED) is 0.785. The van der Waals surface area contributed by atoms with Crippen molar-refractivity contribution in [2.24, 2.45) is 0 Å². The maximum Gasteiger partial charge on any atom is 0.348 e. The van der Waals surface area contributed by atoms with E-state index in [0.717, 1.165) is 37.0 Å². The fourth-order valence-corrected chi connectivity index (χ4v) is 4.25. The van der Waals surface area contributed by atoms with Gasteiger partial charge in [-0.25, -0.2) is 4.79 Å². The average Bonchev–Trinajstić information content (AvgIpc) is 3.15. The van der Waals surface area contributed by atoms with Gasteiger partial charge in [-0.3, -0.25) is 0 Å². The fraction of sp³-hybridized carbons (Fsp3) is 0.611. The molecule has 0 radical (unpaired) electrons. The van der Waals surface area contributed by atoms with Crippen molar-refractivity contribution in [2.75, 3.05) is 19.8 Å². The van der Waals surface area contributed by atoms with Gasteiger partial charge in [0.1, 0.15) is 5.75 Å². The molecule has 1 saturated carbocycles. The van der Waals surface area contributed by atoms with E-state index >= 15 is 0 Å². The zero-order valence-electron chi connectivity index (χ0n) is 13.4. The molecule has 1 aromatic carbocycles. The van der Waals surface area contributed by atoms with Crippen LogP contribution in [0.25, 0.3) is 0 Å². The van der Waals surface area contributed by atoms with E-state index in [1.165, 1.54) is 0 Å². The first kappa shape index (κ1) is 15.0. The summed E-state index contributed by atoms with van der Waals surface area (Å²) in [5.41, 5.74) is 0.787. The van der Waals surface area contributed by atoms with Crippen LogP contribution in [-0.2, 0) is 24.4 Å². The van der Waals surface area contributed by atoms with Crippen molar-refractivity contribution in [3.63, 3.8) is 0 Å². The molecule has 2 aliphatic heterocycles. The summed E-state index contributed by atoms with van der Waals surface area (Å²) in [4.78, 5) is 12.5. The second-order valence-electron chi connectivity index (χ2n) is 6.51. The Morgan fingerprint density at radius 1 is 1.17 bits per heavy atom. The van der Waals surface area contributed by atoms with Crippen LogP contribution in [0.5, 0.6) is 5.75 Å². The number of carbonyl (C=O) groups excluding carboxylic acids is 1. The third kappa shape index (κ3) is 2.25. The Kier molecular flexibility index (Phi) is 3.58. The number of para-hydroxylation sites is 1. The summed E-state index contributed by atoms with van der Waals surface area (Å²) in [6.07, 6.45) is 2.58. The molecule has 0 N–H and O–H groups in total. The highest BCUT2D eigenvalue weighted by Crippen LogP contribution is 2.54. The Morgan fingerprint density at radius 2 is 1.87 bits per heavy atom. The molecule has 5 nitrogen and oxygen atoms in total. The van der Waals surface area contributed by atoms with Crippen LogP contribution in [-0.4, -0.2) is 37.7 Å². The van der Waals surface area contributed by atoms with Gasteiger partial charge in [0.2, 0.25) is 6.10 Å². The summed E-state index contributed by atoms with van der Waals surface area (Å²) in [7, 11) is 0. The lowest BCUT2D eigenvalue weighted by atomic mass is 9.65. The number of rotatable bonds is 2. The lowest BCUT2D eigenvalue weighted by Gasteiger charge is -2.43. The number of esters is 1. The van der Waals surface area contributed by atoms with E-state index in [9.17, 15) is 4.79 Å². The minimum Gasteiger partial charge on any atom is -0.477 e. The van der Waals surface area contributed by atoms with Gasteiger partial charge in [0.05, 0.1) is 19.8 Å². The van der Waals surface area contributed by atoms with Crippen LogP contribution >= 0.6 is 0 Å². The van der Waals surface area contributed by atoms with Crippen molar-refractivity contribution in [1.82, 2.24) is 0 Å². The van der Waals surface area contributed by atoms with Crippen molar-refractivity contribution < 1.29 is 23.7 Å². The zero-order chi connectivity index (χ0) is 15.9. The third-order valence-corrected chi connectivity index (χ3v) is 5.39. The molecule has 1 atom stereocenters. The number of carbonyl (C=O) groups is 1. The molecule has 124 valence electrons. The Labute approximate surface area is 135 Å². The first-order valence-electron chi connectivity index (χ1n) is 8.40. The van der Waals surface area contributed by atoms with E-state index < -0.39 is 11.9 Å². The predicted octanol–water partition coefficient (Wildman–Crippen LogP) is 2.57. The van der Waals surface area contributed by atoms with E-state index in [0.29, 0.717) is 19.8 Å². The molecule has 2 fully saturated rings. The molecule has 2 heterocycles. The molecule has 1 unspecified atom stereocenters. The summed E-state index contributed by atoms with van der Waals surface area (Å²) in [6, 6.07) is 7.95. The van der Waals surface area contributed by atoms with E-state index in [2.05, 4.69) is 6.07 Å². The second kappa shape index (κ2) is 5.49. The molecule has 23 heavy (non-hydrogen) atoms. The van der Waals surface area contributed by atoms with Crippen LogP contribution in [0.1, 0.15) is 38.2 Å². The molecule has 1 aromatic rings. The Bertz CT molecular complexity index is 595. The van der Waals surface area contributed by atoms with E-state index in [1.807, 2.05) is 25.1 Å². The van der Waals surface area contributed by atoms with Crippen LogP contribution in [0.4, 0.5) is 0 Å². The van der Waals surface area contributed by atoms with Gasteiger partial charge in [-0.2, -0.15) is 0 Å². The predicted molar refractivity (Wildman–Crippen MR) is 82.3 cm³/mol. The van der Waals surface area contributed by atoms with Gasteiger partial charge in [0.25, 0.3) is 0 Å². The highest BCUT2D eigenvalue weighted by Gasteiger charge is 2.57. The molecular formula is C18H22O5. The summed E-state index contributed by atoms with van der Waals surface area (Å²) in [5, 5.41) is 0. The molecule has 3 aliphatic rings. The van der Waals surface area contributed by atoms with Crippen molar-refractivity contribution in [3.05, 3.63) is 29.8 Å². The molecule has 0 bridgehead atoms. The number of fused-ring (bicyclic) bond motifs is 2. The lowest BCUT2D eigenvalue weighted by Crippen LogP contribution is -2.50. The SMILES string of the molecule is CCOC(=O)C1Oc2ccccc2C12CCC1(CC2)OCCO1. The van der Waals surface area contributed by atoms with E-state index in [4.69, 9.17) is 18.9 Å². The van der Waals surface area contributed by atoms with Gasteiger partial charge >= 0.3 is 5.97 Å². The number of benzene rings is 1. The van der Waals surface area contributed by atoms with Crippen LogP contribution in [0.15, 0.2) is 24.3 Å². The van der Waals surface area contributed by atoms with Crippen molar-refractivity contribution >= 4 is 5.97 Å². The van der Waals surface area contributed by atoms with Gasteiger partial charge in [0, 0.05) is 23.8 Å². The second-order valence-corrected chi connectivity index (χ2v) is 6.51. The molecule has 0 amide bonds. The monoisotopic (exact) mass is 318 g/mol. The van der Waals surface area contributed by atoms with Crippen molar-refractivity contribution in [1.29, 1.82) is 0 Å². The maximum absolute atomic E-state index is 12.5. The van der Waals surface area contributed by atoms with Gasteiger partial charge in [0.15, 0.2) is 5.79 Å². The number of hydrogen-bond acceptors (Lipinski definition) is 5. The van der Waals surface area contributed by atoms with Crippen molar-refractivity contribution in [2.45, 2.75) is 49.9 Å². The fourth-order valence-electron chi connectivity index (χ4n) is 4.25. The summed E-state index contributed by atoms with van der Waals surface area (Å²) >= 11 is 0. The summed E-state index contributed by atoms with van der Waals surface area (Å²) < 4.78 is 23.0. The van der Waals surface area contributed by atoms with E-state index in [1.54, 1.807) is 0 Å². The van der Waals surface area contributed by atoms with Crippen LogP contribution < -0.4 is 4.74 Å². The molecular weight excluding hydrogens is 296 g/mol.